The number of nitrogens with zero attached hydrogens (tertiary/aromatic N) is 4. The second kappa shape index (κ2) is 8.14. The molecular weight excluding hydrogens is 384 g/mol. The summed E-state index contributed by atoms with van der Waals surface area (Å²) >= 11 is 0. The highest BCUT2D eigenvalue weighted by Crippen LogP contribution is 2.32. The van der Waals surface area contributed by atoms with Crippen molar-refractivity contribution in [1.82, 2.24) is 19.9 Å². The van der Waals surface area contributed by atoms with Gasteiger partial charge in [0, 0.05) is 49.7 Å². The Morgan fingerprint density at radius 2 is 1.80 bits per heavy atom. The quantitative estimate of drug-likeness (QED) is 0.658. The number of anilines is 1. The number of pyridine rings is 1. The summed E-state index contributed by atoms with van der Waals surface area (Å²) in [4.78, 5) is 17.1. The van der Waals surface area contributed by atoms with Crippen molar-refractivity contribution in [3.8, 4) is 22.6 Å². The van der Waals surface area contributed by atoms with Crippen LogP contribution >= 0.6 is 0 Å². The molecule has 0 bridgehead atoms. The standard InChI is InChI=1S/C23H25F2N5/c24-19-4-3-17(13-20(19)25)21-15-27-23(28-21)18-5-7-26-22(14-18)30-11-9-29(10-12-30)8-6-16-1-2-16/h3-5,7,13-16H,1-2,6,8-12H2,(H,27,28). The largest absolute Gasteiger partial charge is 0.354 e. The zero-order valence-electron chi connectivity index (χ0n) is 16.8. The molecule has 1 aliphatic heterocycles. The molecule has 1 N–H and O–H groups in total. The second-order valence-corrected chi connectivity index (χ2v) is 8.23. The van der Waals surface area contributed by atoms with Crippen LogP contribution in [0.5, 0.6) is 0 Å². The van der Waals surface area contributed by atoms with Gasteiger partial charge in [-0.2, -0.15) is 0 Å². The number of benzene rings is 1. The van der Waals surface area contributed by atoms with Gasteiger partial charge in [-0.25, -0.2) is 18.7 Å². The predicted molar refractivity (Wildman–Crippen MR) is 113 cm³/mol. The first-order chi connectivity index (χ1) is 14.7. The number of aromatic nitrogens is 3. The van der Waals surface area contributed by atoms with Crippen LogP contribution in [-0.4, -0.2) is 52.6 Å². The average molecular weight is 409 g/mol. The number of rotatable bonds is 6. The van der Waals surface area contributed by atoms with Crippen molar-refractivity contribution in [1.29, 1.82) is 0 Å². The summed E-state index contributed by atoms with van der Waals surface area (Å²) < 4.78 is 26.7. The third-order valence-corrected chi connectivity index (χ3v) is 6.06. The maximum Gasteiger partial charge on any atom is 0.159 e. The van der Waals surface area contributed by atoms with Crippen molar-refractivity contribution in [3.63, 3.8) is 0 Å². The van der Waals surface area contributed by atoms with Crippen LogP contribution in [0.4, 0.5) is 14.6 Å². The van der Waals surface area contributed by atoms with Crippen molar-refractivity contribution < 1.29 is 8.78 Å². The van der Waals surface area contributed by atoms with Gasteiger partial charge < -0.3 is 9.88 Å². The molecule has 3 heterocycles. The molecule has 1 saturated heterocycles. The van der Waals surface area contributed by atoms with Gasteiger partial charge >= 0.3 is 0 Å². The fraction of sp³-hybridized carbons (Fsp3) is 0.391. The molecule has 3 aromatic rings. The molecule has 0 amide bonds. The van der Waals surface area contributed by atoms with E-state index in [0.29, 0.717) is 17.1 Å². The Bertz CT molecular complexity index is 1020. The van der Waals surface area contributed by atoms with Gasteiger partial charge in [-0.1, -0.05) is 12.8 Å². The molecule has 156 valence electrons. The molecule has 0 spiro atoms. The van der Waals surface area contributed by atoms with Gasteiger partial charge in [-0.15, -0.1) is 0 Å². The molecule has 2 aliphatic rings. The average Bonchev–Trinajstić information content (AvgIpc) is 3.48. The number of aromatic amines is 1. The van der Waals surface area contributed by atoms with Crippen LogP contribution in [0.25, 0.3) is 22.6 Å². The molecule has 1 aromatic carbocycles. The highest BCUT2D eigenvalue weighted by Gasteiger charge is 2.24. The Hall–Kier alpha value is -2.80. The first-order valence-corrected chi connectivity index (χ1v) is 10.6. The highest BCUT2D eigenvalue weighted by atomic mass is 19.2. The van der Waals surface area contributed by atoms with Crippen molar-refractivity contribution >= 4 is 5.82 Å². The Morgan fingerprint density at radius 1 is 0.967 bits per heavy atom. The Kier molecular flexibility index (Phi) is 5.21. The van der Waals surface area contributed by atoms with E-state index in [0.717, 1.165) is 55.6 Å². The normalized spacial score (nSPS) is 17.5. The number of nitrogens with one attached hydrogen (secondary N) is 1. The molecule has 2 fully saturated rings. The number of hydrogen-bond donors (Lipinski definition) is 1. The minimum atomic E-state index is -0.875. The van der Waals surface area contributed by atoms with E-state index >= 15 is 0 Å². The van der Waals surface area contributed by atoms with Crippen LogP contribution in [-0.2, 0) is 0 Å². The second-order valence-electron chi connectivity index (χ2n) is 8.23. The first-order valence-electron chi connectivity index (χ1n) is 10.6. The summed E-state index contributed by atoms with van der Waals surface area (Å²) in [5, 5.41) is 0. The minimum absolute atomic E-state index is 0.535. The number of H-pyrrole nitrogens is 1. The first kappa shape index (κ1) is 19.2. The molecule has 30 heavy (non-hydrogen) atoms. The van der Waals surface area contributed by atoms with Gasteiger partial charge in [0.2, 0.25) is 0 Å². The number of halogens is 2. The molecule has 5 nitrogen and oxygen atoms in total. The summed E-state index contributed by atoms with van der Waals surface area (Å²) in [6.07, 6.45) is 7.68. The van der Waals surface area contributed by atoms with E-state index in [1.54, 1.807) is 12.4 Å². The SMILES string of the molecule is Fc1ccc(-c2c[nH]c(-c3ccnc(N4CCN(CCC5CC5)CC4)c3)n2)cc1F. The zero-order chi connectivity index (χ0) is 20.5. The fourth-order valence-corrected chi connectivity index (χ4v) is 3.98. The van der Waals surface area contributed by atoms with Crippen molar-refractivity contribution in [2.75, 3.05) is 37.6 Å². The maximum absolute atomic E-state index is 13.5. The van der Waals surface area contributed by atoms with Crippen molar-refractivity contribution in [2.24, 2.45) is 5.92 Å². The molecule has 0 unspecified atom stereocenters. The summed E-state index contributed by atoms with van der Waals surface area (Å²) in [5.74, 6) is 0.869. The number of piperazine rings is 1. The summed E-state index contributed by atoms with van der Waals surface area (Å²) in [6.45, 7) is 5.29. The number of hydrogen-bond acceptors (Lipinski definition) is 4. The smallest absolute Gasteiger partial charge is 0.159 e. The van der Waals surface area contributed by atoms with E-state index < -0.39 is 11.6 Å². The molecule has 2 aromatic heterocycles. The molecule has 0 atom stereocenters. The molecular formula is C23H25F2N5. The van der Waals surface area contributed by atoms with Gasteiger partial charge in [0.1, 0.15) is 11.6 Å². The lowest BCUT2D eigenvalue weighted by atomic mass is 10.1. The summed E-state index contributed by atoms with van der Waals surface area (Å²) in [6, 6.07) is 7.75. The lowest BCUT2D eigenvalue weighted by Gasteiger charge is -2.35. The van der Waals surface area contributed by atoms with Crippen molar-refractivity contribution in [3.05, 3.63) is 54.4 Å². The van der Waals surface area contributed by atoms with E-state index in [-0.39, 0.29) is 0 Å². The lowest BCUT2D eigenvalue weighted by Crippen LogP contribution is -2.47. The Balaban J connectivity index is 1.27. The van der Waals surface area contributed by atoms with E-state index in [1.165, 1.54) is 31.9 Å². The molecule has 1 saturated carbocycles. The van der Waals surface area contributed by atoms with Crippen molar-refractivity contribution in [2.45, 2.75) is 19.3 Å². The van der Waals surface area contributed by atoms with Crippen LogP contribution in [0.3, 0.4) is 0 Å². The third kappa shape index (κ3) is 4.21. The van der Waals surface area contributed by atoms with E-state index in [2.05, 4.69) is 24.8 Å². The minimum Gasteiger partial charge on any atom is -0.354 e. The van der Waals surface area contributed by atoms with Crippen LogP contribution in [0.15, 0.2) is 42.7 Å². The fourth-order valence-electron chi connectivity index (χ4n) is 3.98. The van der Waals surface area contributed by atoms with Gasteiger partial charge in [-0.05, 0) is 49.2 Å². The summed E-state index contributed by atoms with van der Waals surface area (Å²) in [5.41, 5.74) is 2.03. The highest BCUT2D eigenvalue weighted by molar-refractivity contribution is 5.66. The Labute approximate surface area is 174 Å². The zero-order valence-corrected chi connectivity index (χ0v) is 16.8. The van der Waals surface area contributed by atoms with Gasteiger partial charge in [0.05, 0.1) is 5.69 Å². The van der Waals surface area contributed by atoms with E-state index in [1.807, 2.05) is 12.1 Å². The van der Waals surface area contributed by atoms with Gasteiger partial charge in [-0.3, -0.25) is 4.90 Å². The van der Waals surface area contributed by atoms with Crippen LogP contribution in [0.2, 0.25) is 0 Å². The maximum atomic E-state index is 13.5. The van der Waals surface area contributed by atoms with E-state index in [4.69, 9.17) is 0 Å². The number of imidazole rings is 1. The molecule has 5 rings (SSSR count). The topological polar surface area (TPSA) is 48.1 Å². The lowest BCUT2D eigenvalue weighted by molar-refractivity contribution is 0.250. The third-order valence-electron chi connectivity index (χ3n) is 6.06. The summed E-state index contributed by atoms with van der Waals surface area (Å²) in [7, 11) is 0. The van der Waals surface area contributed by atoms with Crippen LogP contribution < -0.4 is 4.90 Å². The Morgan fingerprint density at radius 3 is 2.57 bits per heavy atom. The van der Waals surface area contributed by atoms with Crippen LogP contribution in [0.1, 0.15) is 19.3 Å². The molecule has 1 aliphatic carbocycles. The molecule has 7 heteroatoms. The van der Waals surface area contributed by atoms with Gasteiger partial charge in [0.25, 0.3) is 0 Å². The van der Waals surface area contributed by atoms with Crippen LogP contribution in [0, 0.1) is 17.6 Å². The monoisotopic (exact) mass is 409 g/mol. The van der Waals surface area contributed by atoms with E-state index in [9.17, 15) is 8.78 Å². The van der Waals surface area contributed by atoms with Gasteiger partial charge in [0.15, 0.2) is 11.6 Å². The molecule has 0 radical (unpaired) electrons. The predicted octanol–water partition coefficient (Wildman–Crippen LogP) is 4.34.